The van der Waals surface area contributed by atoms with Gasteiger partial charge in [-0.3, -0.25) is 0 Å². The van der Waals surface area contributed by atoms with Crippen LogP contribution in [0, 0.1) is 11.8 Å². The summed E-state index contributed by atoms with van der Waals surface area (Å²) in [4.78, 5) is 0. The van der Waals surface area contributed by atoms with Crippen molar-refractivity contribution in [3.05, 3.63) is 12.7 Å². The molecule has 0 spiro atoms. The average molecular weight is 461 g/mol. The third-order valence-corrected chi connectivity index (χ3v) is 6.51. The SMILES string of the molecule is C=CCC(C)C(OCCC)OC1C(C)CC(N)C(OC2OCC(C)(O)C(NC)C2O)C1O. The van der Waals surface area contributed by atoms with E-state index in [1.54, 1.807) is 14.0 Å². The van der Waals surface area contributed by atoms with Gasteiger partial charge in [-0.25, -0.2) is 0 Å². The lowest BCUT2D eigenvalue weighted by Crippen LogP contribution is -2.67. The second-order valence-electron chi connectivity index (χ2n) is 9.60. The van der Waals surface area contributed by atoms with Crippen LogP contribution in [0.15, 0.2) is 12.7 Å². The predicted octanol–water partition coefficient (Wildman–Crippen LogP) is 0.506. The summed E-state index contributed by atoms with van der Waals surface area (Å²) >= 11 is 0. The summed E-state index contributed by atoms with van der Waals surface area (Å²) in [6, 6.07) is -1.12. The van der Waals surface area contributed by atoms with Crippen LogP contribution in [0.1, 0.15) is 47.0 Å². The number of hydrogen-bond acceptors (Lipinski definition) is 9. The second kappa shape index (κ2) is 12.2. The Bertz CT molecular complexity index is 579. The van der Waals surface area contributed by atoms with Gasteiger partial charge in [-0.15, -0.1) is 6.58 Å². The Labute approximate surface area is 192 Å². The van der Waals surface area contributed by atoms with Crippen molar-refractivity contribution >= 4 is 0 Å². The van der Waals surface area contributed by atoms with Crippen LogP contribution in [-0.4, -0.2) is 90.3 Å². The van der Waals surface area contributed by atoms with E-state index in [1.165, 1.54) is 0 Å². The molecule has 11 atom stereocenters. The number of allylic oxidation sites excluding steroid dienone is 1. The van der Waals surface area contributed by atoms with Crippen molar-refractivity contribution in [3.8, 4) is 0 Å². The first-order chi connectivity index (χ1) is 15.1. The van der Waals surface area contributed by atoms with E-state index in [2.05, 4.69) is 11.9 Å². The minimum Gasteiger partial charge on any atom is -0.388 e. The maximum atomic E-state index is 11.2. The van der Waals surface area contributed by atoms with E-state index >= 15 is 0 Å². The van der Waals surface area contributed by atoms with E-state index in [0.717, 1.165) is 12.8 Å². The highest BCUT2D eigenvalue weighted by atomic mass is 16.7. The van der Waals surface area contributed by atoms with E-state index in [4.69, 9.17) is 24.7 Å². The summed E-state index contributed by atoms with van der Waals surface area (Å²) in [5, 5.41) is 35.3. The lowest BCUT2D eigenvalue weighted by Gasteiger charge is -2.48. The van der Waals surface area contributed by atoms with Crippen molar-refractivity contribution in [2.75, 3.05) is 20.3 Å². The Balaban J connectivity index is 2.13. The molecule has 188 valence electrons. The number of aliphatic hydroxyl groups is 3. The number of ether oxygens (including phenoxy) is 4. The van der Waals surface area contributed by atoms with Crippen molar-refractivity contribution in [1.29, 1.82) is 0 Å². The van der Waals surface area contributed by atoms with Crippen molar-refractivity contribution in [1.82, 2.24) is 5.32 Å². The van der Waals surface area contributed by atoms with Crippen LogP contribution in [0.4, 0.5) is 0 Å². The molecule has 0 aromatic rings. The van der Waals surface area contributed by atoms with Gasteiger partial charge in [0.2, 0.25) is 0 Å². The van der Waals surface area contributed by atoms with Crippen LogP contribution in [0.3, 0.4) is 0 Å². The zero-order valence-corrected chi connectivity index (χ0v) is 20.1. The van der Waals surface area contributed by atoms with E-state index < -0.39 is 54.7 Å². The molecule has 1 aliphatic heterocycles. The quantitative estimate of drug-likeness (QED) is 0.221. The average Bonchev–Trinajstić information content (AvgIpc) is 2.72. The second-order valence-corrected chi connectivity index (χ2v) is 9.60. The summed E-state index contributed by atoms with van der Waals surface area (Å²) in [7, 11) is 1.65. The highest BCUT2D eigenvalue weighted by Crippen LogP contribution is 2.34. The third kappa shape index (κ3) is 6.49. The first-order valence-electron chi connectivity index (χ1n) is 11.7. The van der Waals surface area contributed by atoms with Crippen molar-refractivity contribution in [2.45, 2.75) is 102 Å². The molecule has 11 unspecified atom stereocenters. The Morgan fingerprint density at radius 3 is 2.59 bits per heavy atom. The molecule has 6 N–H and O–H groups in total. The fraction of sp³-hybridized carbons (Fsp3) is 0.913. The summed E-state index contributed by atoms with van der Waals surface area (Å²) in [6.07, 6.45) is -1.11. The van der Waals surface area contributed by atoms with Gasteiger partial charge in [-0.1, -0.05) is 26.8 Å². The van der Waals surface area contributed by atoms with E-state index in [1.807, 2.05) is 26.8 Å². The number of nitrogens with two attached hydrogens (primary N) is 1. The monoisotopic (exact) mass is 460 g/mol. The highest BCUT2D eigenvalue weighted by Gasteiger charge is 2.50. The molecular formula is C23H44N2O7. The Hall–Kier alpha value is -0.620. The maximum Gasteiger partial charge on any atom is 0.185 e. The standard InChI is InChI=1S/C23H44N2O7/c1-7-9-13(3)21(29-10-8-2)31-18-14(4)11-15(24)19(16(18)26)32-22-17(27)20(25-6)23(5,28)12-30-22/h7,13-22,25-28H,1,8-12,24H2,2-6H3. The highest BCUT2D eigenvalue weighted by molar-refractivity contribution is 5.00. The number of aliphatic hydroxyl groups excluding tert-OH is 2. The van der Waals surface area contributed by atoms with Crippen LogP contribution in [0.25, 0.3) is 0 Å². The minimum absolute atomic E-state index is 0.0218. The minimum atomic E-state index is -1.26. The maximum absolute atomic E-state index is 11.2. The molecule has 1 aliphatic carbocycles. The fourth-order valence-corrected chi connectivity index (χ4v) is 4.69. The van der Waals surface area contributed by atoms with E-state index in [0.29, 0.717) is 13.0 Å². The molecule has 9 nitrogen and oxygen atoms in total. The molecule has 0 aromatic carbocycles. The van der Waals surface area contributed by atoms with Crippen LogP contribution in [0.5, 0.6) is 0 Å². The lowest BCUT2D eigenvalue weighted by molar-refractivity contribution is -0.307. The van der Waals surface area contributed by atoms with Gasteiger partial charge in [0.15, 0.2) is 12.6 Å². The molecule has 32 heavy (non-hydrogen) atoms. The summed E-state index contributed by atoms with van der Waals surface area (Å²) < 4.78 is 23.8. The topological polar surface area (TPSA) is 136 Å². The van der Waals surface area contributed by atoms with Gasteiger partial charge in [0.25, 0.3) is 0 Å². The summed E-state index contributed by atoms with van der Waals surface area (Å²) in [5.41, 5.74) is 5.08. The number of nitrogens with one attached hydrogen (secondary N) is 1. The van der Waals surface area contributed by atoms with Gasteiger partial charge < -0.3 is 45.3 Å². The first-order valence-corrected chi connectivity index (χ1v) is 11.7. The van der Waals surface area contributed by atoms with Gasteiger partial charge >= 0.3 is 0 Å². The zero-order valence-electron chi connectivity index (χ0n) is 20.1. The molecule has 2 rings (SSSR count). The Morgan fingerprint density at radius 1 is 1.31 bits per heavy atom. The van der Waals surface area contributed by atoms with Gasteiger partial charge in [-0.05, 0) is 39.2 Å². The molecule has 9 heteroatoms. The van der Waals surface area contributed by atoms with Crippen molar-refractivity contribution < 1.29 is 34.3 Å². The zero-order chi connectivity index (χ0) is 24.1. The summed E-state index contributed by atoms with van der Waals surface area (Å²) in [5.74, 6) is 0.0435. The van der Waals surface area contributed by atoms with Gasteiger partial charge in [0, 0.05) is 18.6 Å². The lowest BCUT2D eigenvalue weighted by atomic mass is 9.80. The smallest absolute Gasteiger partial charge is 0.185 e. The first kappa shape index (κ1) is 27.6. The third-order valence-electron chi connectivity index (χ3n) is 6.51. The van der Waals surface area contributed by atoms with Gasteiger partial charge in [-0.2, -0.15) is 0 Å². The molecule has 0 radical (unpaired) electrons. The molecule has 0 bridgehead atoms. The van der Waals surface area contributed by atoms with Gasteiger partial charge in [0.05, 0.1) is 18.8 Å². The van der Waals surface area contributed by atoms with Crippen molar-refractivity contribution in [3.63, 3.8) is 0 Å². The Kier molecular flexibility index (Phi) is 10.5. The van der Waals surface area contributed by atoms with Crippen LogP contribution in [-0.2, 0) is 18.9 Å². The molecular weight excluding hydrogens is 416 g/mol. The molecule has 0 aromatic heterocycles. The predicted molar refractivity (Wildman–Crippen MR) is 121 cm³/mol. The molecule has 1 heterocycles. The van der Waals surface area contributed by atoms with Crippen LogP contribution < -0.4 is 11.1 Å². The fourth-order valence-electron chi connectivity index (χ4n) is 4.69. The van der Waals surface area contributed by atoms with E-state index in [-0.39, 0.29) is 18.4 Å². The van der Waals surface area contributed by atoms with Gasteiger partial charge in [0.1, 0.15) is 23.9 Å². The molecule has 2 fully saturated rings. The Morgan fingerprint density at radius 2 is 2.00 bits per heavy atom. The number of rotatable bonds is 11. The van der Waals surface area contributed by atoms with Crippen LogP contribution >= 0.6 is 0 Å². The van der Waals surface area contributed by atoms with Crippen molar-refractivity contribution in [2.24, 2.45) is 17.6 Å². The number of likely N-dealkylation sites (N-methyl/N-ethyl adjacent to an activating group) is 1. The number of hydrogen-bond donors (Lipinski definition) is 5. The normalized spacial score (nSPS) is 42.4. The van der Waals surface area contributed by atoms with Crippen LogP contribution in [0.2, 0.25) is 0 Å². The molecule has 2 aliphatic rings. The molecule has 1 saturated heterocycles. The molecule has 1 saturated carbocycles. The summed E-state index contributed by atoms with van der Waals surface area (Å²) in [6.45, 7) is 11.9. The molecule has 0 amide bonds. The largest absolute Gasteiger partial charge is 0.388 e. The van der Waals surface area contributed by atoms with E-state index in [9.17, 15) is 15.3 Å².